The third-order valence-electron chi connectivity index (χ3n) is 6.71. The smallest absolute Gasteiger partial charge is 0.258 e. The van der Waals surface area contributed by atoms with Gasteiger partial charge in [0.2, 0.25) is 5.88 Å². The quantitative estimate of drug-likeness (QED) is 0.370. The van der Waals surface area contributed by atoms with Crippen LogP contribution in [0.15, 0.2) is 24.4 Å². The molecule has 2 aliphatic rings. The molecule has 0 saturated carbocycles. The molecule has 2 aliphatic heterocycles. The average Bonchev–Trinajstić information content (AvgIpc) is 3.38. The molecule has 0 radical (unpaired) electrons. The molecule has 14 heteroatoms. The number of alkyl halides is 2. The van der Waals surface area contributed by atoms with Gasteiger partial charge in [0.25, 0.3) is 5.95 Å². The van der Waals surface area contributed by atoms with E-state index in [-0.39, 0.29) is 36.5 Å². The van der Waals surface area contributed by atoms with Crippen molar-refractivity contribution in [1.29, 1.82) is 0 Å². The number of hydrazine groups is 1. The van der Waals surface area contributed by atoms with Crippen LogP contribution in [-0.4, -0.2) is 98.0 Å². The summed E-state index contributed by atoms with van der Waals surface area (Å²) < 4.78 is 57.3. The molecule has 37 heavy (non-hydrogen) atoms. The van der Waals surface area contributed by atoms with E-state index < -0.39 is 18.3 Å². The monoisotopic (exact) mass is 517 g/mol. The number of fused-ring (bicyclic) bond motifs is 2. The first-order chi connectivity index (χ1) is 17.9. The minimum Gasteiger partial charge on any atom is -0.479 e. The second kappa shape index (κ2) is 9.43. The summed E-state index contributed by atoms with van der Waals surface area (Å²) in [4.78, 5) is 6.45. The molecule has 0 bridgehead atoms. The summed E-state index contributed by atoms with van der Waals surface area (Å²) in [6.45, 7) is 4.01. The van der Waals surface area contributed by atoms with Gasteiger partial charge in [0, 0.05) is 19.6 Å². The van der Waals surface area contributed by atoms with E-state index in [9.17, 15) is 8.78 Å². The highest BCUT2D eigenvalue weighted by molar-refractivity contribution is 5.89. The van der Waals surface area contributed by atoms with Crippen molar-refractivity contribution in [3.8, 4) is 17.0 Å². The van der Waals surface area contributed by atoms with Crippen LogP contribution in [-0.2, 0) is 11.3 Å². The lowest BCUT2D eigenvalue weighted by Gasteiger charge is -2.43. The Morgan fingerprint density at radius 3 is 2.81 bits per heavy atom. The second-order valence-corrected chi connectivity index (χ2v) is 9.27. The van der Waals surface area contributed by atoms with Gasteiger partial charge in [-0.1, -0.05) is 11.3 Å². The van der Waals surface area contributed by atoms with Gasteiger partial charge in [-0.25, -0.2) is 22.4 Å². The largest absolute Gasteiger partial charge is 0.479 e. The van der Waals surface area contributed by atoms with Gasteiger partial charge < -0.3 is 9.47 Å². The molecular weight excluding hydrogens is 491 g/mol. The number of methoxy groups -OCH3 is 1. The van der Waals surface area contributed by atoms with Gasteiger partial charge in [0.1, 0.15) is 17.2 Å². The van der Waals surface area contributed by atoms with Crippen LogP contribution in [0.5, 0.6) is 5.88 Å². The van der Waals surface area contributed by atoms with E-state index in [4.69, 9.17) is 9.47 Å². The molecule has 1 aromatic carbocycles. The van der Waals surface area contributed by atoms with E-state index in [1.807, 2.05) is 0 Å². The molecular formula is C23H26F3N9O2. The Morgan fingerprint density at radius 2 is 2.11 bits per heavy atom. The minimum atomic E-state index is -1.28. The molecule has 1 N–H and O–H groups in total. The zero-order valence-corrected chi connectivity index (χ0v) is 20.3. The number of nitrogens with zero attached hydrogens (tertiary/aromatic N) is 8. The summed E-state index contributed by atoms with van der Waals surface area (Å²) in [5.74, 6) is -0.369. The van der Waals surface area contributed by atoms with Crippen molar-refractivity contribution in [2.24, 2.45) is 0 Å². The Kier molecular flexibility index (Phi) is 6.09. The fourth-order valence-corrected chi connectivity index (χ4v) is 4.76. The predicted octanol–water partition coefficient (Wildman–Crippen LogP) is 2.29. The van der Waals surface area contributed by atoms with Gasteiger partial charge in [-0.05, 0) is 24.6 Å². The minimum absolute atomic E-state index is 0.0265. The molecule has 2 saturated heterocycles. The Morgan fingerprint density at radius 1 is 1.27 bits per heavy atom. The number of piperazine rings is 1. The molecule has 0 aliphatic carbocycles. The molecule has 196 valence electrons. The number of rotatable bonds is 7. The molecule has 2 fully saturated rings. The number of halogens is 3. The van der Waals surface area contributed by atoms with Crippen LogP contribution in [0.4, 0.5) is 19.1 Å². The maximum atomic E-state index is 15.3. The van der Waals surface area contributed by atoms with Crippen molar-refractivity contribution < 1.29 is 22.6 Å². The maximum Gasteiger partial charge on any atom is 0.258 e. The molecule has 6 rings (SSSR count). The molecule has 4 aromatic rings. The highest BCUT2D eigenvalue weighted by Gasteiger charge is 2.34. The zero-order valence-electron chi connectivity index (χ0n) is 20.3. The maximum absolute atomic E-state index is 15.3. The topological polar surface area (TPSA) is 97.9 Å². The lowest BCUT2D eigenvalue weighted by atomic mass is 10.1. The molecule has 5 heterocycles. The summed E-state index contributed by atoms with van der Waals surface area (Å²) in [6.07, 6.45) is -1.20. The number of hydrogen-bond donors (Lipinski definition) is 1. The van der Waals surface area contributed by atoms with Crippen molar-refractivity contribution in [2.75, 3.05) is 45.4 Å². The molecule has 0 spiro atoms. The highest BCUT2D eigenvalue weighted by Crippen LogP contribution is 2.35. The molecule has 3 aromatic heterocycles. The Labute approximate surface area is 209 Å². The summed E-state index contributed by atoms with van der Waals surface area (Å²) in [7, 11) is 1.42. The van der Waals surface area contributed by atoms with Crippen LogP contribution in [0.2, 0.25) is 0 Å². The van der Waals surface area contributed by atoms with Crippen molar-refractivity contribution in [3.05, 3.63) is 30.2 Å². The number of ether oxygens (including phenoxy) is 2. The number of anilines is 1. The van der Waals surface area contributed by atoms with Crippen molar-refractivity contribution >= 4 is 22.5 Å². The standard InChI is InChI=1S/C23H26F3N9O2/c1-13(24)8-34-18-7-14(3-4-17(18)28-31-34)20-16(25)9-35-21(20)22(36-2)27-23(30-35)29-33-6-5-32(10-19(33)26)15-11-37-12-15/h3-4,7,9,13,15,19H,5-6,8,10-12H2,1-2H3,(H,29,30)/t13-,19+/m0/s1. The Balaban J connectivity index is 1.32. The van der Waals surface area contributed by atoms with E-state index >= 15 is 4.39 Å². The van der Waals surface area contributed by atoms with Crippen LogP contribution in [0, 0.1) is 5.82 Å². The number of benzene rings is 1. The number of aromatic nitrogens is 6. The highest BCUT2D eigenvalue weighted by atomic mass is 19.1. The first-order valence-electron chi connectivity index (χ1n) is 12.0. The van der Waals surface area contributed by atoms with Gasteiger partial charge in [0.15, 0.2) is 12.1 Å². The van der Waals surface area contributed by atoms with E-state index in [0.29, 0.717) is 48.4 Å². The summed E-state index contributed by atoms with van der Waals surface area (Å²) >= 11 is 0. The first-order valence-corrected chi connectivity index (χ1v) is 12.0. The van der Waals surface area contributed by atoms with Gasteiger partial charge >= 0.3 is 0 Å². The molecule has 0 unspecified atom stereocenters. The SMILES string of the molecule is COc1nc(NN2CCN(C3COC3)C[C@@H]2F)nn2cc(F)c(-c3ccc4nnn(C[C@H](C)F)c4c3)c12. The van der Waals surface area contributed by atoms with Crippen molar-refractivity contribution in [3.63, 3.8) is 0 Å². The Hall–Kier alpha value is -3.49. The predicted molar refractivity (Wildman–Crippen MR) is 128 cm³/mol. The lowest BCUT2D eigenvalue weighted by Crippen LogP contribution is -2.60. The van der Waals surface area contributed by atoms with Gasteiger partial charge in [0.05, 0.1) is 50.2 Å². The third-order valence-corrected chi connectivity index (χ3v) is 6.71. The summed E-state index contributed by atoms with van der Waals surface area (Å²) in [5, 5.41) is 13.8. The van der Waals surface area contributed by atoms with E-state index in [1.54, 1.807) is 18.2 Å². The molecule has 2 atom stereocenters. The first kappa shape index (κ1) is 23.9. The third kappa shape index (κ3) is 4.34. The van der Waals surface area contributed by atoms with Crippen LogP contribution in [0.1, 0.15) is 6.92 Å². The average molecular weight is 518 g/mol. The second-order valence-electron chi connectivity index (χ2n) is 9.27. The lowest BCUT2D eigenvalue weighted by molar-refractivity contribution is -0.0983. The van der Waals surface area contributed by atoms with Crippen LogP contribution in [0.3, 0.4) is 0 Å². The van der Waals surface area contributed by atoms with Gasteiger partial charge in [-0.15, -0.1) is 10.2 Å². The van der Waals surface area contributed by atoms with Gasteiger partial charge in [-0.3, -0.25) is 10.3 Å². The van der Waals surface area contributed by atoms with E-state index in [1.165, 1.54) is 34.4 Å². The van der Waals surface area contributed by atoms with Crippen LogP contribution >= 0.6 is 0 Å². The van der Waals surface area contributed by atoms with E-state index in [2.05, 4.69) is 30.7 Å². The normalized spacial score (nSPS) is 20.4. The molecule has 0 amide bonds. The van der Waals surface area contributed by atoms with Crippen LogP contribution < -0.4 is 10.2 Å². The zero-order chi connectivity index (χ0) is 25.7. The van der Waals surface area contributed by atoms with Crippen molar-refractivity contribution in [1.82, 2.24) is 39.5 Å². The summed E-state index contributed by atoms with van der Waals surface area (Å²) in [6, 6.07) is 5.34. The number of nitrogens with one attached hydrogen (secondary N) is 1. The van der Waals surface area contributed by atoms with Crippen molar-refractivity contribution in [2.45, 2.75) is 32.0 Å². The Bertz CT molecular complexity index is 1440. The fourth-order valence-electron chi connectivity index (χ4n) is 4.76. The van der Waals surface area contributed by atoms with Crippen LogP contribution in [0.25, 0.3) is 27.7 Å². The van der Waals surface area contributed by atoms with E-state index in [0.717, 1.165) is 0 Å². The molecule has 11 nitrogen and oxygen atoms in total. The number of hydrogen-bond acceptors (Lipinski definition) is 9. The van der Waals surface area contributed by atoms with Gasteiger partial charge in [-0.2, -0.15) is 9.99 Å². The summed E-state index contributed by atoms with van der Waals surface area (Å²) in [5.41, 5.74) is 5.06. The fraction of sp³-hybridized carbons (Fsp3) is 0.478.